The number of nitrogens with zero attached hydrogens (tertiary/aromatic N) is 3. The van der Waals surface area contributed by atoms with Crippen molar-refractivity contribution in [2.75, 3.05) is 32.1 Å². The van der Waals surface area contributed by atoms with Crippen LogP contribution in [0, 0.1) is 29.0 Å². The van der Waals surface area contributed by atoms with Crippen molar-refractivity contribution in [3.8, 4) is 17.2 Å². The van der Waals surface area contributed by atoms with E-state index in [2.05, 4.69) is 60.1 Å². The number of likely N-dealkylation sites (N-methyl/N-ethyl adjacent to an activating group) is 1. The molecule has 38 heavy (non-hydrogen) atoms. The molecule has 2 bridgehead atoms. The summed E-state index contributed by atoms with van der Waals surface area (Å²) >= 11 is 0. The molecule has 6 heteroatoms. The summed E-state index contributed by atoms with van der Waals surface area (Å²) in [5, 5.41) is 13.2. The van der Waals surface area contributed by atoms with Gasteiger partial charge in [0.1, 0.15) is 5.82 Å². The Morgan fingerprint density at radius 3 is 2.58 bits per heavy atom. The molecule has 0 amide bonds. The minimum absolute atomic E-state index is 0.0642. The zero-order chi connectivity index (χ0) is 26.6. The van der Waals surface area contributed by atoms with E-state index in [0.29, 0.717) is 17.5 Å². The predicted molar refractivity (Wildman–Crippen MR) is 148 cm³/mol. The van der Waals surface area contributed by atoms with E-state index in [-0.39, 0.29) is 35.9 Å². The molecule has 3 fully saturated rings. The van der Waals surface area contributed by atoms with Crippen molar-refractivity contribution in [3.63, 3.8) is 0 Å². The molecule has 3 aliphatic heterocycles. The number of likely N-dealkylation sites (tertiary alicyclic amines) is 1. The van der Waals surface area contributed by atoms with Gasteiger partial charge in [-0.3, -0.25) is 4.79 Å². The lowest BCUT2D eigenvalue weighted by atomic mass is 9.72. The Hall–Kier alpha value is -3.01. The lowest BCUT2D eigenvalue weighted by molar-refractivity contribution is -0.122. The maximum absolute atomic E-state index is 15.3. The van der Waals surface area contributed by atoms with E-state index in [0.717, 1.165) is 62.0 Å². The average Bonchev–Trinajstić information content (AvgIpc) is 3.61. The average molecular weight is 513 g/mol. The number of carbonyl (C=O) groups excluding carboxylic acids is 1. The van der Waals surface area contributed by atoms with Gasteiger partial charge in [0.05, 0.1) is 18.0 Å². The highest BCUT2D eigenvalue weighted by molar-refractivity contribution is 5.85. The van der Waals surface area contributed by atoms with Crippen LogP contribution in [0.25, 0.3) is 11.1 Å². The SMILES string of the molecule is C=C1N(C)c2ccc(-c3ccc(C[C@@H](C#N)CC(=O)[C@H]4N[C@@H]5CC[C@H]4C5)c(F)c3)cc2C12CCN(C)CC2. The molecule has 4 atom stereocenters. The van der Waals surface area contributed by atoms with Gasteiger partial charge in [-0.05, 0) is 105 Å². The van der Waals surface area contributed by atoms with Gasteiger partial charge in [-0.15, -0.1) is 0 Å². The first kappa shape index (κ1) is 25.3. The van der Waals surface area contributed by atoms with Crippen molar-refractivity contribution < 1.29 is 9.18 Å². The summed E-state index contributed by atoms with van der Waals surface area (Å²) in [7, 11) is 4.25. The number of nitriles is 1. The Morgan fingerprint density at radius 2 is 1.92 bits per heavy atom. The second-order valence-electron chi connectivity index (χ2n) is 12.0. The van der Waals surface area contributed by atoms with E-state index in [1.165, 1.54) is 11.3 Å². The molecule has 1 aliphatic carbocycles. The lowest BCUT2D eigenvalue weighted by Crippen LogP contribution is -2.42. The molecule has 0 radical (unpaired) electrons. The third kappa shape index (κ3) is 4.17. The van der Waals surface area contributed by atoms with Gasteiger partial charge < -0.3 is 15.1 Å². The van der Waals surface area contributed by atoms with Gasteiger partial charge >= 0.3 is 0 Å². The van der Waals surface area contributed by atoms with Gasteiger partial charge in [0.15, 0.2) is 5.78 Å². The summed E-state index contributed by atoms with van der Waals surface area (Å²) in [5.41, 5.74) is 5.88. The van der Waals surface area contributed by atoms with E-state index in [1.54, 1.807) is 12.1 Å². The van der Waals surface area contributed by atoms with E-state index in [4.69, 9.17) is 0 Å². The highest BCUT2D eigenvalue weighted by Gasteiger charge is 2.46. The molecular formula is C32H37FN4O. The molecule has 1 spiro atoms. The summed E-state index contributed by atoms with van der Waals surface area (Å²) in [6.45, 7) is 6.52. The topological polar surface area (TPSA) is 59.4 Å². The first-order valence-corrected chi connectivity index (χ1v) is 14.0. The molecular weight excluding hydrogens is 475 g/mol. The number of anilines is 1. The Balaban J connectivity index is 1.20. The summed E-state index contributed by atoms with van der Waals surface area (Å²) in [6, 6.07) is 14.3. The summed E-state index contributed by atoms with van der Waals surface area (Å²) in [6.07, 6.45) is 5.78. The first-order chi connectivity index (χ1) is 18.3. The predicted octanol–water partition coefficient (Wildman–Crippen LogP) is 5.20. The summed E-state index contributed by atoms with van der Waals surface area (Å²) in [5.74, 6) is -0.326. The Morgan fingerprint density at radius 1 is 1.18 bits per heavy atom. The second kappa shape index (κ2) is 9.63. The maximum atomic E-state index is 15.3. The molecule has 1 saturated carbocycles. The highest BCUT2D eigenvalue weighted by Crippen LogP contribution is 2.53. The van der Waals surface area contributed by atoms with Crippen LogP contribution in [-0.4, -0.2) is 50.0 Å². The number of carbonyl (C=O) groups is 1. The molecule has 2 saturated heterocycles. The van der Waals surface area contributed by atoms with Crippen molar-refractivity contribution in [1.82, 2.24) is 10.2 Å². The number of ketones is 1. The van der Waals surface area contributed by atoms with Crippen LogP contribution >= 0.6 is 0 Å². The minimum atomic E-state index is -0.519. The number of allylic oxidation sites excluding steroid dienone is 1. The Kier molecular flexibility index (Phi) is 6.40. The smallest absolute Gasteiger partial charge is 0.151 e. The van der Waals surface area contributed by atoms with E-state index in [9.17, 15) is 10.1 Å². The fourth-order valence-electron chi connectivity index (χ4n) is 7.48. The van der Waals surface area contributed by atoms with Crippen LogP contribution in [0.15, 0.2) is 48.7 Å². The zero-order valence-electron chi connectivity index (χ0n) is 22.5. The van der Waals surface area contributed by atoms with Crippen LogP contribution in [-0.2, 0) is 16.6 Å². The number of benzene rings is 2. The van der Waals surface area contributed by atoms with Gasteiger partial charge in [0, 0.05) is 36.3 Å². The molecule has 2 aromatic rings. The first-order valence-electron chi connectivity index (χ1n) is 14.0. The van der Waals surface area contributed by atoms with E-state index in [1.807, 2.05) is 6.07 Å². The van der Waals surface area contributed by atoms with Gasteiger partial charge in [-0.2, -0.15) is 5.26 Å². The van der Waals surface area contributed by atoms with Gasteiger partial charge in [0.2, 0.25) is 0 Å². The lowest BCUT2D eigenvalue weighted by Gasteiger charge is -2.39. The fraction of sp³-hybridized carbons (Fsp3) is 0.500. The molecule has 6 rings (SSSR count). The normalized spacial score (nSPS) is 26.5. The molecule has 0 unspecified atom stereocenters. The van der Waals surface area contributed by atoms with Crippen molar-refractivity contribution in [2.24, 2.45) is 11.8 Å². The molecule has 1 N–H and O–H groups in total. The molecule has 0 aromatic heterocycles. The minimum Gasteiger partial charge on any atom is -0.348 e. The van der Waals surface area contributed by atoms with Crippen LogP contribution in [0.3, 0.4) is 0 Å². The quantitative estimate of drug-likeness (QED) is 0.577. The van der Waals surface area contributed by atoms with E-state index < -0.39 is 5.92 Å². The van der Waals surface area contributed by atoms with Crippen molar-refractivity contribution in [1.29, 1.82) is 5.26 Å². The van der Waals surface area contributed by atoms with Gasteiger partial charge in [0.25, 0.3) is 0 Å². The molecule has 4 aliphatic rings. The molecule has 2 aromatic carbocycles. The number of fused-ring (bicyclic) bond motifs is 4. The fourth-order valence-corrected chi connectivity index (χ4v) is 7.48. The number of rotatable bonds is 6. The van der Waals surface area contributed by atoms with E-state index >= 15 is 4.39 Å². The summed E-state index contributed by atoms with van der Waals surface area (Å²) < 4.78 is 15.3. The monoisotopic (exact) mass is 512 g/mol. The van der Waals surface area contributed by atoms with Crippen LogP contribution < -0.4 is 10.2 Å². The maximum Gasteiger partial charge on any atom is 0.151 e. The largest absolute Gasteiger partial charge is 0.348 e. The van der Waals surface area contributed by atoms with Crippen LogP contribution in [0.1, 0.15) is 49.7 Å². The number of piperidine rings is 2. The summed E-state index contributed by atoms with van der Waals surface area (Å²) in [4.78, 5) is 17.5. The number of nitrogens with one attached hydrogen (secondary N) is 1. The third-order valence-corrected chi connectivity index (χ3v) is 9.86. The van der Waals surface area contributed by atoms with Crippen LogP contribution in [0.2, 0.25) is 0 Å². The number of hydrogen-bond acceptors (Lipinski definition) is 5. The molecule has 198 valence electrons. The van der Waals surface area contributed by atoms with Crippen LogP contribution in [0.4, 0.5) is 10.1 Å². The third-order valence-electron chi connectivity index (χ3n) is 9.86. The Labute approximate surface area is 225 Å². The van der Waals surface area contributed by atoms with Crippen molar-refractivity contribution >= 4 is 11.5 Å². The standard InChI is InChI=1S/C32H37FN4O/c1-20-32(10-12-36(2)13-11-32)27-17-22(7-9-29(27)37(20)3)23-4-5-24(28(33)18-23)14-21(19-34)15-30(38)31-25-6-8-26(16-25)35-31/h4-5,7,9,17-18,21,25-26,31,35H,1,6,8,10-16H2,2-3H3/t21-,25+,26-,31+/m1/s1. The molecule has 3 heterocycles. The van der Waals surface area contributed by atoms with Gasteiger partial charge in [-0.1, -0.05) is 24.8 Å². The zero-order valence-corrected chi connectivity index (χ0v) is 22.5. The Bertz CT molecular complexity index is 1320. The second-order valence-corrected chi connectivity index (χ2v) is 12.0. The van der Waals surface area contributed by atoms with Gasteiger partial charge in [-0.25, -0.2) is 4.39 Å². The number of hydrogen-bond donors (Lipinski definition) is 1. The van der Waals surface area contributed by atoms with Crippen LogP contribution in [0.5, 0.6) is 0 Å². The number of Topliss-reactive ketones (excluding diaryl/α,β-unsaturated/α-hetero) is 1. The molecule has 5 nitrogen and oxygen atoms in total. The van der Waals surface area contributed by atoms with Crippen molar-refractivity contribution in [2.45, 2.75) is 62.4 Å². The van der Waals surface area contributed by atoms with Crippen molar-refractivity contribution in [3.05, 3.63) is 65.6 Å². The highest BCUT2D eigenvalue weighted by atomic mass is 19.1. The number of halogens is 1.